The maximum atomic E-state index is 5.56. The zero-order valence-electron chi connectivity index (χ0n) is 11.1. The predicted molar refractivity (Wildman–Crippen MR) is 75.5 cm³/mol. The Morgan fingerprint density at radius 1 is 1.28 bits per heavy atom. The van der Waals surface area contributed by atoms with E-state index >= 15 is 0 Å². The number of likely N-dealkylation sites (tertiary alicyclic amines) is 1. The van der Waals surface area contributed by atoms with Gasteiger partial charge in [-0.2, -0.15) is 0 Å². The van der Waals surface area contributed by atoms with Crippen LogP contribution in [0, 0.1) is 0 Å². The topological polar surface area (TPSA) is 67.1 Å². The Morgan fingerprint density at radius 2 is 2.00 bits per heavy atom. The average Bonchev–Trinajstić information content (AvgIpc) is 2.60. The van der Waals surface area contributed by atoms with Crippen LogP contribution in [0.15, 0.2) is 0 Å². The molecule has 2 heterocycles. The van der Waals surface area contributed by atoms with Crippen molar-refractivity contribution in [1.29, 1.82) is 0 Å². The highest BCUT2D eigenvalue weighted by atomic mass is 32.1. The largest absolute Gasteiger partial charge is 0.374 e. The molecular formula is C12H23N5S. The summed E-state index contributed by atoms with van der Waals surface area (Å²) in [5.41, 5.74) is 5.56. The lowest BCUT2D eigenvalue weighted by Gasteiger charge is -2.24. The number of nitrogen functional groups attached to an aromatic ring is 1. The first kappa shape index (κ1) is 13.7. The van der Waals surface area contributed by atoms with E-state index in [1.165, 1.54) is 50.1 Å². The highest BCUT2D eigenvalue weighted by Gasteiger charge is 2.12. The summed E-state index contributed by atoms with van der Waals surface area (Å²) in [6.07, 6.45) is 5.48. The zero-order chi connectivity index (χ0) is 12.8. The van der Waals surface area contributed by atoms with E-state index in [0.717, 1.165) is 18.1 Å². The third-order valence-electron chi connectivity index (χ3n) is 3.31. The third kappa shape index (κ3) is 4.51. The predicted octanol–water partition coefficient (Wildman–Crippen LogP) is 1.47. The summed E-state index contributed by atoms with van der Waals surface area (Å²) in [6.45, 7) is 6.61. The molecule has 3 N–H and O–H groups in total. The molecule has 1 atom stereocenters. The second-order valence-corrected chi connectivity index (χ2v) is 6.12. The van der Waals surface area contributed by atoms with Crippen molar-refractivity contribution in [3.8, 4) is 0 Å². The average molecular weight is 269 g/mol. The molecule has 2 rings (SSSR count). The molecule has 0 aliphatic carbocycles. The fraction of sp³-hybridized carbons (Fsp3) is 0.833. The minimum absolute atomic E-state index is 0.480. The van der Waals surface area contributed by atoms with Gasteiger partial charge in [0.05, 0.1) is 6.54 Å². The molecule has 6 heteroatoms. The number of hydrogen-bond donors (Lipinski definition) is 2. The van der Waals surface area contributed by atoms with Crippen molar-refractivity contribution in [2.24, 2.45) is 0 Å². The first-order valence-electron chi connectivity index (χ1n) is 6.77. The Hall–Kier alpha value is -0.720. The van der Waals surface area contributed by atoms with E-state index in [1.54, 1.807) is 0 Å². The normalized spacial score (nSPS) is 19.6. The molecule has 1 aliphatic rings. The standard InChI is InChI=1S/C12H23N5S/c1-10(9-17-6-4-2-3-5-7-17)14-8-11-15-16-12(13)18-11/h10,14H,2-9H2,1H3,(H2,13,16)/t10-/m1/s1. The molecule has 5 nitrogen and oxygen atoms in total. The van der Waals surface area contributed by atoms with Gasteiger partial charge in [-0.25, -0.2) is 0 Å². The lowest BCUT2D eigenvalue weighted by molar-refractivity contribution is 0.255. The van der Waals surface area contributed by atoms with Crippen LogP contribution in [0.25, 0.3) is 0 Å². The van der Waals surface area contributed by atoms with Gasteiger partial charge < -0.3 is 16.0 Å². The van der Waals surface area contributed by atoms with Crippen LogP contribution in [-0.4, -0.2) is 40.8 Å². The van der Waals surface area contributed by atoms with E-state index in [9.17, 15) is 0 Å². The van der Waals surface area contributed by atoms with Gasteiger partial charge in [0.2, 0.25) is 5.13 Å². The summed E-state index contributed by atoms with van der Waals surface area (Å²) >= 11 is 1.46. The second-order valence-electron chi connectivity index (χ2n) is 5.03. The Kier molecular flexibility index (Phi) is 5.34. The molecular weight excluding hydrogens is 246 g/mol. The van der Waals surface area contributed by atoms with E-state index in [-0.39, 0.29) is 0 Å². The van der Waals surface area contributed by atoms with E-state index in [0.29, 0.717) is 11.2 Å². The molecule has 0 bridgehead atoms. The Balaban J connectivity index is 1.69. The van der Waals surface area contributed by atoms with Gasteiger partial charge in [0.25, 0.3) is 0 Å². The van der Waals surface area contributed by atoms with E-state index in [2.05, 4.69) is 27.3 Å². The van der Waals surface area contributed by atoms with Gasteiger partial charge in [0.15, 0.2) is 0 Å². The van der Waals surface area contributed by atoms with Crippen LogP contribution in [-0.2, 0) is 6.54 Å². The van der Waals surface area contributed by atoms with Crippen molar-refractivity contribution >= 4 is 16.5 Å². The number of nitrogens with one attached hydrogen (secondary N) is 1. The SMILES string of the molecule is C[C@H](CN1CCCCCC1)NCc1nnc(N)s1. The zero-order valence-corrected chi connectivity index (χ0v) is 11.9. The van der Waals surface area contributed by atoms with Crippen molar-refractivity contribution < 1.29 is 0 Å². The van der Waals surface area contributed by atoms with Crippen LogP contribution in [0.1, 0.15) is 37.6 Å². The fourth-order valence-corrected chi connectivity index (χ4v) is 2.93. The van der Waals surface area contributed by atoms with Gasteiger partial charge in [0.1, 0.15) is 5.01 Å². The summed E-state index contributed by atoms with van der Waals surface area (Å²) in [5.74, 6) is 0. The summed E-state index contributed by atoms with van der Waals surface area (Å²) in [5, 5.41) is 12.8. The molecule has 102 valence electrons. The highest BCUT2D eigenvalue weighted by molar-refractivity contribution is 7.15. The molecule has 0 amide bonds. The number of nitrogens with zero attached hydrogens (tertiary/aromatic N) is 3. The van der Waals surface area contributed by atoms with Gasteiger partial charge in [-0.1, -0.05) is 24.2 Å². The molecule has 0 saturated carbocycles. The van der Waals surface area contributed by atoms with Crippen molar-refractivity contribution in [2.75, 3.05) is 25.4 Å². The molecule has 1 aromatic heterocycles. The Bertz CT molecular complexity index is 346. The minimum atomic E-state index is 0.480. The van der Waals surface area contributed by atoms with Crippen LogP contribution >= 0.6 is 11.3 Å². The summed E-state index contributed by atoms with van der Waals surface area (Å²) in [7, 11) is 0. The van der Waals surface area contributed by atoms with Crippen molar-refractivity contribution in [3.05, 3.63) is 5.01 Å². The van der Waals surface area contributed by atoms with Crippen LogP contribution < -0.4 is 11.1 Å². The number of nitrogens with two attached hydrogens (primary N) is 1. The van der Waals surface area contributed by atoms with Crippen LogP contribution in [0.2, 0.25) is 0 Å². The first-order valence-corrected chi connectivity index (χ1v) is 7.59. The molecule has 0 radical (unpaired) electrons. The van der Waals surface area contributed by atoms with Crippen LogP contribution in [0.5, 0.6) is 0 Å². The molecule has 0 unspecified atom stereocenters. The van der Waals surface area contributed by atoms with E-state index < -0.39 is 0 Å². The van der Waals surface area contributed by atoms with Gasteiger partial charge in [-0.15, -0.1) is 10.2 Å². The second kappa shape index (κ2) is 7.01. The molecule has 1 saturated heterocycles. The van der Waals surface area contributed by atoms with Gasteiger partial charge in [-0.05, 0) is 32.9 Å². The summed E-state index contributed by atoms with van der Waals surface area (Å²) in [6, 6.07) is 0.480. The van der Waals surface area contributed by atoms with Crippen LogP contribution in [0.4, 0.5) is 5.13 Å². The number of aromatic nitrogens is 2. The van der Waals surface area contributed by atoms with Gasteiger partial charge in [0, 0.05) is 12.6 Å². The monoisotopic (exact) mass is 269 g/mol. The quantitative estimate of drug-likeness (QED) is 0.847. The van der Waals surface area contributed by atoms with Crippen LogP contribution in [0.3, 0.4) is 0 Å². The molecule has 1 aromatic rings. The smallest absolute Gasteiger partial charge is 0.203 e. The first-order chi connectivity index (χ1) is 8.74. The molecule has 1 aliphatic heterocycles. The lowest BCUT2D eigenvalue weighted by Crippen LogP contribution is -2.39. The van der Waals surface area contributed by atoms with Gasteiger partial charge in [-0.3, -0.25) is 0 Å². The molecule has 0 aromatic carbocycles. The number of rotatable bonds is 5. The van der Waals surface area contributed by atoms with E-state index in [1.807, 2.05) is 0 Å². The Labute approximate surface area is 113 Å². The number of hydrogen-bond acceptors (Lipinski definition) is 6. The van der Waals surface area contributed by atoms with E-state index in [4.69, 9.17) is 5.73 Å². The highest BCUT2D eigenvalue weighted by Crippen LogP contribution is 2.12. The molecule has 0 spiro atoms. The van der Waals surface area contributed by atoms with Crippen molar-refractivity contribution in [1.82, 2.24) is 20.4 Å². The summed E-state index contributed by atoms with van der Waals surface area (Å²) < 4.78 is 0. The van der Waals surface area contributed by atoms with Crippen molar-refractivity contribution in [2.45, 2.75) is 45.2 Å². The minimum Gasteiger partial charge on any atom is -0.374 e. The number of anilines is 1. The maximum absolute atomic E-state index is 5.56. The van der Waals surface area contributed by atoms with Gasteiger partial charge >= 0.3 is 0 Å². The Morgan fingerprint density at radius 3 is 2.61 bits per heavy atom. The molecule has 18 heavy (non-hydrogen) atoms. The molecule has 1 fully saturated rings. The summed E-state index contributed by atoms with van der Waals surface area (Å²) in [4.78, 5) is 2.57. The lowest BCUT2D eigenvalue weighted by atomic mass is 10.2. The fourth-order valence-electron chi connectivity index (χ4n) is 2.37. The third-order valence-corrected chi connectivity index (χ3v) is 4.07. The van der Waals surface area contributed by atoms with Crippen molar-refractivity contribution in [3.63, 3.8) is 0 Å². The maximum Gasteiger partial charge on any atom is 0.203 e.